The average Bonchev–Trinajstić information content (AvgIpc) is 2.19. The van der Waals surface area contributed by atoms with Crippen molar-refractivity contribution in [2.75, 3.05) is 39.9 Å². The molecule has 0 aliphatic heterocycles. The van der Waals surface area contributed by atoms with E-state index in [1.165, 1.54) is 0 Å². The molecule has 2 atom stereocenters. The third-order valence-corrected chi connectivity index (χ3v) is 6.66. The molecular formula is C10H26O2P2. The van der Waals surface area contributed by atoms with E-state index >= 15 is 0 Å². The Kier molecular flexibility index (Phi) is 9.39. The van der Waals surface area contributed by atoms with E-state index in [1.54, 1.807) is 14.2 Å². The molecule has 88 valence electrons. The van der Waals surface area contributed by atoms with E-state index in [4.69, 9.17) is 9.05 Å². The highest BCUT2D eigenvalue weighted by Crippen LogP contribution is 2.39. The van der Waals surface area contributed by atoms with Crippen LogP contribution in [0.2, 0.25) is 0 Å². The highest BCUT2D eigenvalue weighted by Gasteiger charge is 1.98. The van der Waals surface area contributed by atoms with Gasteiger partial charge >= 0.3 is 0 Å². The van der Waals surface area contributed by atoms with E-state index < -0.39 is 14.2 Å². The summed E-state index contributed by atoms with van der Waals surface area (Å²) in [6, 6.07) is 0. The standard InChI is InChI=1S/2C5H13OP/c2*1-5-7(3,4)6-2/h2*3,5H2,1-2,4H3. The predicted octanol–water partition coefficient (Wildman–Crippen LogP) is 3.29. The zero-order chi connectivity index (χ0) is 11.8. The molecule has 0 aromatic heterocycles. The Morgan fingerprint density at radius 1 is 0.857 bits per heavy atom. The molecule has 2 unspecified atom stereocenters. The van der Waals surface area contributed by atoms with Crippen molar-refractivity contribution < 1.29 is 9.05 Å². The molecule has 0 radical (unpaired) electrons. The maximum absolute atomic E-state index is 5.09. The molecule has 0 aromatic rings. The van der Waals surface area contributed by atoms with E-state index in [2.05, 4.69) is 39.8 Å². The van der Waals surface area contributed by atoms with Crippen LogP contribution in [0.15, 0.2) is 0 Å². The normalized spacial score (nSPS) is 18.7. The van der Waals surface area contributed by atoms with Gasteiger partial charge in [0.1, 0.15) is 0 Å². The van der Waals surface area contributed by atoms with Crippen LogP contribution in [0.5, 0.6) is 0 Å². The minimum Gasteiger partial charge on any atom is -0.365 e. The number of hydrogen-bond acceptors (Lipinski definition) is 2. The van der Waals surface area contributed by atoms with E-state index in [0.717, 1.165) is 12.3 Å². The monoisotopic (exact) mass is 240 g/mol. The fourth-order valence-corrected chi connectivity index (χ4v) is 0.775. The molecule has 0 saturated heterocycles. The van der Waals surface area contributed by atoms with E-state index in [9.17, 15) is 0 Å². The lowest BCUT2D eigenvalue weighted by Gasteiger charge is -2.12. The summed E-state index contributed by atoms with van der Waals surface area (Å²) in [7, 11) is 1.14. The second kappa shape index (κ2) is 7.77. The van der Waals surface area contributed by atoms with E-state index in [1.807, 2.05) is 0 Å². The van der Waals surface area contributed by atoms with Crippen molar-refractivity contribution >= 4 is 26.8 Å². The quantitative estimate of drug-likeness (QED) is 0.702. The lowest BCUT2D eigenvalue weighted by molar-refractivity contribution is 0.462. The highest BCUT2D eigenvalue weighted by atomic mass is 31.2. The van der Waals surface area contributed by atoms with Crippen LogP contribution in [0.3, 0.4) is 0 Å². The third kappa shape index (κ3) is 10.6. The maximum Gasteiger partial charge on any atom is 0.0396 e. The molecule has 0 heterocycles. The highest BCUT2D eigenvalue weighted by molar-refractivity contribution is 7.68. The summed E-state index contributed by atoms with van der Waals surface area (Å²) < 4.78 is 10.2. The molecule has 0 bridgehead atoms. The van der Waals surface area contributed by atoms with Crippen molar-refractivity contribution in [2.45, 2.75) is 13.8 Å². The largest absolute Gasteiger partial charge is 0.365 e. The van der Waals surface area contributed by atoms with Crippen molar-refractivity contribution in [3.05, 3.63) is 0 Å². The summed E-state index contributed by atoms with van der Waals surface area (Å²) in [6.45, 7) is 8.36. The molecule has 4 heteroatoms. The molecule has 0 aromatic carbocycles. The summed E-state index contributed by atoms with van der Waals surface area (Å²) in [4.78, 5) is 0. The minimum absolute atomic E-state index is 1.07. The Hall–Kier alpha value is 0.520. The van der Waals surface area contributed by atoms with Crippen molar-refractivity contribution in [3.8, 4) is 0 Å². The van der Waals surface area contributed by atoms with Gasteiger partial charge in [-0.25, -0.2) is 0 Å². The van der Waals surface area contributed by atoms with Gasteiger partial charge in [0.15, 0.2) is 0 Å². The van der Waals surface area contributed by atoms with E-state index in [0.29, 0.717) is 0 Å². The first-order chi connectivity index (χ1) is 6.24. The molecular weight excluding hydrogens is 214 g/mol. The average molecular weight is 240 g/mol. The predicted molar refractivity (Wildman–Crippen MR) is 75.0 cm³/mol. The van der Waals surface area contributed by atoms with Crippen molar-refractivity contribution in [1.29, 1.82) is 0 Å². The lowest BCUT2D eigenvalue weighted by Crippen LogP contribution is -1.83. The van der Waals surface area contributed by atoms with Gasteiger partial charge in [0.2, 0.25) is 0 Å². The Morgan fingerprint density at radius 3 is 1.07 bits per heavy atom. The topological polar surface area (TPSA) is 18.5 Å². The first kappa shape index (κ1) is 16.9. The van der Waals surface area contributed by atoms with Crippen molar-refractivity contribution in [2.24, 2.45) is 0 Å². The molecule has 0 N–H and O–H groups in total. The van der Waals surface area contributed by atoms with Gasteiger partial charge in [0, 0.05) is 14.2 Å². The molecule has 0 aliphatic rings. The Balaban J connectivity index is 0. The molecule has 0 fully saturated rings. The van der Waals surface area contributed by atoms with Gasteiger partial charge in [-0.15, -0.1) is 0 Å². The van der Waals surface area contributed by atoms with Gasteiger partial charge in [-0.05, 0) is 39.9 Å². The maximum atomic E-state index is 5.09. The van der Waals surface area contributed by atoms with Crippen LogP contribution in [0, 0.1) is 0 Å². The first-order valence-electron chi connectivity index (χ1n) is 4.76. The van der Waals surface area contributed by atoms with Crippen LogP contribution in [-0.2, 0) is 9.05 Å². The molecule has 0 aliphatic carbocycles. The molecule has 0 spiro atoms. The van der Waals surface area contributed by atoms with Crippen molar-refractivity contribution in [1.82, 2.24) is 0 Å². The summed E-state index contributed by atoms with van der Waals surface area (Å²) in [5.41, 5.74) is 0. The van der Waals surface area contributed by atoms with E-state index in [-0.39, 0.29) is 0 Å². The summed E-state index contributed by atoms with van der Waals surface area (Å²) in [5.74, 6) is 0. The fraction of sp³-hybridized carbons (Fsp3) is 0.800. The van der Waals surface area contributed by atoms with Crippen LogP contribution in [0.4, 0.5) is 0 Å². The molecule has 14 heavy (non-hydrogen) atoms. The van der Waals surface area contributed by atoms with Crippen LogP contribution < -0.4 is 0 Å². The lowest BCUT2D eigenvalue weighted by atomic mass is 11.0. The van der Waals surface area contributed by atoms with Crippen molar-refractivity contribution in [3.63, 3.8) is 0 Å². The van der Waals surface area contributed by atoms with Gasteiger partial charge in [-0.2, -0.15) is 0 Å². The number of hydrogen-bond donors (Lipinski definition) is 0. The zero-order valence-electron chi connectivity index (χ0n) is 10.5. The smallest absolute Gasteiger partial charge is 0.0396 e. The SMILES string of the molecule is C=P(C)(CC)OC.C=P(C)(CC)OC. The minimum atomic E-state index is -1.15. The Bertz CT molecular complexity index is 184. The van der Waals surface area contributed by atoms with Crippen LogP contribution in [-0.4, -0.2) is 52.5 Å². The second-order valence-electron chi connectivity index (χ2n) is 3.59. The first-order valence-corrected chi connectivity index (χ1v) is 9.80. The van der Waals surface area contributed by atoms with Gasteiger partial charge in [0.25, 0.3) is 0 Å². The zero-order valence-corrected chi connectivity index (χ0v) is 12.3. The molecule has 2 nitrogen and oxygen atoms in total. The van der Waals surface area contributed by atoms with Gasteiger partial charge in [-0.1, -0.05) is 26.4 Å². The molecule has 0 saturated carbocycles. The Morgan fingerprint density at radius 2 is 1.07 bits per heavy atom. The van der Waals surface area contributed by atoms with Crippen LogP contribution >= 0.6 is 14.2 Å². The summed E-state index contributed by atoms with van der Waals surface area (Å²) in [6.07, 6.45) is 9.94. The van der Waals surface area contributed by atoms with Gasteiger partial charge in [0.05, 0.1) is 0 Å². The van der Waals surface area contributed by atoms with Gasteiger partial charge < -0.3 is 9.05 Å². The second-order valence-corrected chi connectivity index (χ2v) is 10.8. The summed E-state index contributed by atoms with van der Waals surface area (Å²) in [5, 5.41) is 0. The number of rotatable bonds is 4. The van der Waals surface area contributed by atoms with Crippen LogP contribution in [0.1, 0.15) is 13.8 Å². The van der Waals surface area contributed by atoms with Crippen LogP contribution in [0.25, 0.3) is 0 Å². The third-order valence-electron chi connectivity index (χ3n) is 2.22. The summed E-state index contributed by atoms with van der Waals surface area (Å²) >= 11 is 0. The Labute approximate surface area is 90.1 Å². The van der Waals surface area contributed by atoms with Gasteiger partial charge in [-0.3, -0.25) is 0 Å². The molecule has 0 rings (SSSR count). The molecule has 0 amide bonds. The fourth-order valence-electron chi connectivity index (χ4n) is 0.258.